The van der Waals surface area contributed by atoms with Crippen molar-refractivity contribution < 1.29 is 8.42 Å². The van der Waals surface area contributed by atoms with Crippen molar-refractivity contribution >= 4 is 10.0 Å². The third kappa shape index (κ3) is 3.91. The minimum absolute atomic E-state index is 0.200. The number of hydrogen-bond donors (Lipinski definition) is 2. The Morgan fingerprint density at radius 2 is 2.15 bits per heavy atom. The second-order valence-corrected chi connectivity index (χ2v) is 6.02. The Balaban J connectivity index is 1.95. The summed E-state index contributed by atoms with van der Waals surface area (Å²) in [7, 11) is -3.46. The summed E-state index contributed by atoms with van der Waals surface area (Å²) in [6, 6.07) is 8.66. The largest absolute Gasteiger partial charge is 0.349 e. The smallest absolute Gasteiger partial charge is 0.215 e. The van der Waals surface area contributed by atoms with Gasteiger partial charge in [-0.25, -0.2) is 18.1 Å². The molecule has 0 aliphatic rings. The molecule has 0 saturated carbocycles. The molecular formula is C13H14N4O2S. The summed E-state index contributed by atoms with van der Waals surface area (Å²) in [6.45, 7) is 0.268. The molecular weight excluding hydrogens is 276 g/mol. The van der Waals surface area contributed by atoms with Crippen LogP contribution in [0.25, 0.3) is 0 Å². The molecule has 0 atom stereocenters. The normalized spacial score (nSPS) is 11.2. The lowest BCUT2D eigenvalue weighted by Gasteiger charge is -2.07. The van der Waals surface area contributed by atoms with Crippen molar-refractivity contribution in [3.05, 3.63) is 53.6 Å². The molecule has 0 spiro atoms. The maximum absolute atomic E-state index is 11.9. The van der Waals surface area contributed by atoms with Crippen molar-refractivity contribution in [2.45, 2.75) is 12.2 Å². The molecule has 104 valence electrons. The van der Waals surface area contributed by atoms with Crippen molar-refractivity contribution in [1.29, 1.82) is 5.26 Å². The van der Waals surface area contributed by atoms with Gasteiger partial charge in [-0.1, -0.05) is 18.2 Å². The number of nitrogens with zero attached hydrogens (tertiary/aromatic N) is 2. The molecule has 1 aromatic heterocycles. The zero-order valence-electron chi connectivity index (χ0n) is 10.7. The van der Waals surface area contributed by atoms with Crippen molar-refractivity contribution in [2.24, 2.45) is 0 Å². The van der Waals surface area contributed by atoms with Crippen LogP contribution in [0.4, 0.5) is 0 Å². The average Bonchev–Trinajstić information content (AvgIpc) is 2.92. The lowest BCUT2D eigenvalue weighted by atomic mass is 10.1. The number of aromatic amines is 1. The van der Waals surface area contributed by atoms with Crippen LogP contribution < -0.4 is 4.72 Å². The van der Waals surface area contributed by atoms with Gasteiger partial charge in [0, 0.05) is 25.4 Å². The molecule has 0 aliphatic carbocycles. The number of nitriles is 1. The first-order valence-electron chi connectivity index (χ1n) is 6.04. The van der Waals surface area contributed by atoms with Crippen molar-refractivity contribution in [1.82, 2.24) is 14.7 Å². The van der Waals surface area contributed by atoms with Crippen LogP contribution in [0.3, 0.4) is 0 Å². The van der Waals surface area contributed by atoms with Crippen LogP contribution in [0.15, 0.2) is 36.7 Å². The number of rotatable bonds is 6. The fourth-order valence-electron chi connectivity index (χ4n) is 1.77. The van der Waals surface area contributed by atoms with E-state index in [2.05, 4.69) is 14.7 Å². The predicted octanol–water partition coefficient (Wildman–Crippen LogP) is 0.943. The lowest BCUT2D eigenvalue weighted by Crippen LogP contribution is -2.27. The van der Waals surface area contributed by atoms with Gasteiger partial charge in [-0.05, 0) is 11.6 Å². The molecule has 0 radical (unpaired) electrons. The van der Waals surface area contributed by atoms with E-state index in [1.54, 1.807) is 36.7 Å². The highest BCUT2D eigenvalue weighted by Crippen LogP contribution is 2.10. The fraction of sp³-hybridized carbons (Fsp3) is 0.231. The van der Waals surface area contributed by atoms with E-state index < -0.39 is 10.0 Å². The van der Waals surface area contributed by atoms with Crippen LogP contribution in [-0.2, 0) is 22.2 Å². The molecule has 0 amide bonds. The standard InChI is InChI=1S/C13H14N4O2S/c14-9-11-3-1-2-4-12(11)10-20(18,19)17-6-5-13-15-7-8-16-13/h1-4,7-8,17H,5-6,10H2,(H,15,16). The Labute approximate surface area is 117 Å². The molecule has 0 fully saturated rings. The van der Waals surface area contributed by atoms with E-state index in [1.165, 1.54) is 0 Å². The number of sulfonamides is 1. The van der Waals surface area contributed by atoms with Crippen LogP contribution in [0.1, 0.15) is 17.0 Å². The van der Waals surface area contributed by atoms with E-state index in [-0.39, 0.29) is 12.3 Å². The summed E-state index contributed by atoms with van der Waals surface area (Å²) in [6.07, 6.45) is 3.80. The molecule has 0 saturated heterocycles. The number of benzene rings is 1. The number of imidazole rings is 1. The molecule has 2 rings (SSSR count). The summed E-state index contributed by atoms with van der Waals surface area (Å²) in [5.74, 6) is 0.527. The first-order valence-corrected chi connectivity index (χ1v) is 7.69. The number of nitrogens with one attached hydrogen (secondary N) is 2. The minimum atomic E-state index is -3.46. The van der Waals surface area contributed by atoms with Gasteiger partial charge in [0.1, 0.15) is 5.82 Å². The quantitative estimate of drug-likeness (QED) is 0.827. The molecule has 0 unspecified atom stereocenters. The molecule has 20 heavy (non-hydrogen) atoms. The van der Waals surface area contributed by atoms with Gasteiger partial charge in [0.2, 0.25) is 10.0 Å². The van der Waals surface area contributed by atoms with E-state index >= 15 is 0 Å². The number of aromatic nitrogens is 2. The van der Waals surface area contributed by atoms with E-state index in [4.69, 9.17) is 5.26 Å². The highest BCUT2D eigenvalue weighted by molar-refractivity contribution is 7.88. The summed E-state index contributed by atoms with van der Waals surface area (Å²) >= 11 is 0. The van der Waals surface area contributed by atoms with Crippen LogP contribution >= 0.6 is 0 Å². The molecule has 1 heterocycles. The summed E-state index contributed by atoms with van der Waals surface area (Å²) in [4.78, 5) is 6.92. The zero-order valence-corrected chi connectivity index (χ0v) is 11.5. The third-order valence-corrected chi connectivity index (χ3v) is 4.06. The number of hydrogen-bond acceptors (Lipinski definition) is 4. The molecule has 7 heteroatoms. The third-order valence-electron chi connectivity index (χ3n) is 2.72. The van der Waals surface area contributed by atoms with Crippen molar-refractivity contribution in [3.63, 3.8) is 0 Å². The van der Waals surface area contributed by atoms with Gasteiger partial charge in [0.15, 0.2) is 0 Å². The second kappa shape index (κ2) is 6.32. The lowest BCUT2D eigenvalue weighted by molar-refractivity contribution is 0.580. The predicted molar refractivity (Wildman–Crippen MR) is 74.1 cm³/mol. The van der Waals surface area contributed by atoms with Crippen LogP contribution in [-0.4, -0.2) is 24.9 Å². The van der Waals surface area contributed by atoms with Crippen molar-refractivity contribution in [3.8, 4) is 6.07 Å². The maximum Gasteiger partial charge on any atom is 0.215 e. The molecule has 0 bridgehead atoms. The topological polar surface area (TPSA) is 98.6 Å². The van der Waals surface area contributed by atoms with E-state index in [0.29, 0.717) is 17.5 Å². The van der Waals surface area contributed by atoms with E-state index in [9.17, 15) is 8.42 Å². The van der Waals surface area contributed by atoms with Gasteiger partial charge < -0.3 is 4.98 Å². The maximum atomic E-state index is 11.9. The van der Waals surface area contributed by atoms with Gasteiger partial charge in [0.25, 0.3) is 0 Å². The summed E-state index contributed by atoms with van der Waals surface area (Å²) in [5, 5.41) is 8.94. The summed E-state index contributed by atoms with van der Waals surface area (Å²) in [5.41, 5.74) is 0.879. The Kier molecular flexibility index (Phi) is 4.50. The molecule has 0 aliphatic heterocycles. The molecule has 2 aromatic rings. The monoisotopic (exact) mass is 290 g/mol. The van der Waals surface area contributed by atoms with Crippen LogP contribution in [0.2, 0.25) is 0 Å². The SMILES string of the molecule is N#Cc1ccccc1CS(=O)(=O)NCCc1ncc[nH]1. The Morgan fingerprint density at radius 3 is 2.85 bits per heavy atom. The molecule has 6 nitrogen and oxygen atoms in total. The van der Waals surface area contributed by atoms with Crippen LogP contribution in [0, 0.1) is 11.3 Å². The van der Waals surface area contributed by atoms with Crippen molar-refractivity contribution in [2.75, 3.05) is 6.54 Å². The van der Waals surface area contributed by atoms with Gasteiger partial charge in [-0.15, -0.1) is 0 Å². The Morgan fingerprint density at radius 1 is 1.35 bits per heavy atom. The number of H-pyrrole nitrogens is 1. The summed E-state index contributed by atoms with van der Waals surface area (Å²) < 4.78 is 26.4. The van der Waals surface area contributed by atoms with Crippen LogP contribution in [0.5, 0.6) is 0 Å². The Bertz CT molecular complexity index is 702. The highest BCUT2D eigenvalue weighted by Gasteiger charge is 2.13. The van der Waals surface area contributed by atoms with Gasteiger partial charge in [0.05, 0.1) is 17.4 Å². The second-order valence-electron chi connectivity index (χ2n) is 4.21. The zero-order chi connectivity index (χ0) is 14.4. The van der Waals surface area contributed by atoms with E-state index in [1.807, 2.05) is 6.07 Å². The van der Waals surface area contributed by atoms with Gasteiger partial charge >= 0.3 is 0 Å². The van der Waals surface area contributed by atoms with Gasteiger partial charge in [-0.3, -0.25) is 0 Å². The Hall–Kier alpha value is -2.17. The highest BCUT2D eigenvalue weighted by atomic mass is 32.2. The molecule has 2 N–H and O–H groups in total. The first kappa shape index (κ1) is 14.2. The average molecular weight is 290 g/mol. The van der Waals surface area contributed by atoms with Gasteiger partial charge in [-0.2, -0.15) is 5.26 Å². The molecule has 1 aromatic carbocycles. The minimum Gasteiger partial charge on any atom is -0.349 e. The first-order chi connectivity index (χ1) is 9.61. The fourth-order valence-corrected chi connectivity index (χ4v) is 2.95. The van der Waals surface area contributed by atoms with E-state index in [0.717, 1.165) is 5.82 Å².